The SMILES string of the molecule is COc1cccc2[nH]c(C(=O)N3CC4(C5CC5)CC3(C(=O)NC(C[C@@H]3CCNC3=O)C(=O)C(=O)NC3CC3)C4)cc12. The van der Waals surface area contributed by atoms with E-state index in [0.717, 1.165) is 36.6 Å². The van der Waals surface area contributed by atoms with E-state index in [-0.39, 0.29) is 29.7 Å². The Morgan fingerprint density at radius 1 is 1.12 bits per heavy atom. The quantitative estimate of drug-likeness (QED) is 0.322. The zero-order valence-electron chi connectivity index (χ0n) is 23.1. The normalized spacial score (nSPS) is 29.0. The maximum atomic E-state index is 14.1. The molecule has 2 bridgehead atoms. The van der Waals surface area contributed by atoms with E-state index in [2.05, 4.69) is 20.9 Å². The number of aromatic amines is 1. The minimum atomic E-state index is -1.14. The number of ketones is 1. The maximum Gasteiger partial charge on any atom is 0.289 e. The van der Waals surface area contributed by atoms with Crippen molar-refractivity contribution in [3.8, 4) is 5.75 Å². The van der Waals surface area contributed by atoms with E-state index in [9.17, 15) is 24.0 Å². The van der Waals surface area contributed by atoms with Crippen LogP contribution in [-0.4, -0.2) is 77.1 Å². The topological polar surface area (TPSA) is 150 Å². The number of hydrogen-bond acceptors (Lipinski definition) is 6. The molecule has 2 aromatic rings. The van der Waals surface area contributed by atoms with Crippen molar-refractivity contribution in [2.24, 2.45) is 17.3 Å². The highest BCUT2D eigenvalue weighted by molar-refractivity contribution is 6.38. The number of nitrogens with zero attached hydrogens (tertiary/aromatic N) is 1. The summed E-state index contributed by atoms with van der Waals surface area (Å²) >= 11 is 0. The van der Waals surface area contributed by atoms with Gasteiger partial charge in [0, 0.05) is 36.0 Å². The van der Waals surface area contributed by atoms with Crippen LogP contribution in [0.25, 0.3) is 10.9 Å². The zero-order valence-corrected chi connectivity index (χ0v) is 23.1. The van der Waals surface area contributed by atoms with Gasteiger partial charge >= 0.3 is 0 Å². The number of H-pyrrole nitrogens is 1. The summed E-state index contributed by atoms with van der Waals surface area (Å²) in [5, 5.41) is 9.12. The Morgan fingerprint density at radius 3 is 2.56 bits per heavy atom. The second kappa shape index (κ2) is 9.32. The molecule has 11 heteroatoms. The van der Waals surface area contributed by atoms with Gasteiger partial charge in [-0.1, -0.05) is 6.07 Å². The molecule has 3 aliphatic heterocycles. The van der Waals surface area contributed by atoms with E-state index in [1.807, 2.05) is 18.2 Å². The number of hydrogen-bond donors (Lipinski definition) is 4. The summed E-state index contributed by atoms with van der Waals surface area (Å²) in [5.41, 5.74) is -0.0823. The van der Waals surface area contributed by atoms with Gasteiger partial charge in [-0.05, 0) is 80.9 Å². The Bertz CT molecular complexity index is 1470. The van der Waals surface area contributed by atoms with Crippen LogP contribution in [-0.2, 0) is 19.2 Å². The lowest BCUT2D eigenvalue weighted by Gasteiger charge is -2.47. The van der Waals surface area contributed by atoms with E-state index in [4.69, 9.17) is 4.74 Å². The third kappa shape index (κ3) is 4.28. The van der Waals surface area contributed by atoms with E-state index < -0.39 is 35.1 Å². The number of carbonyl (C=O) groups excluding carboxylic acids is 5. The van der Waals surface area contributed by atoms with Crippen LogP contribution in [0.15, 0.2) is 24.3 Å². The second-order valence-corrected chi connectivity index (χ2v) is 12.7. The highest BCUT2D eigenvalue weighted by Gasteiger charge is 2.73. The number of aromatic nitrogens is 1. The minimum Gasteiger partial charge on any atom is -0.496 e. The molecule has 2 atom stereocenters. The average molecular weight is 562 g/mol. The zero-order chi connectivity index (χ0) is 28.5. The average Bonchev–Trinajstić information content (AvgIpc) is 3.81. The summed E-state index contributed by atoms with van der Waals surface area (Å²) in [5.74, 6) is -1.70. The molecule has 1 unspecified atom stereocenters. The third-order valence-electron chi connectivity index (χ3n) is 9.91. The highest BCUT2D eigenvalue weighted by atomic mass is 16.5. The molecular formula is C30H35N5O6. The lowest BCUT2D eigenvalue weighted by atomic mass is 9.59. The van der Waals surface area contributed by atoms with Crippen LogP contribution in [0.2, 0.25) is 0 Å². The number of benzene rings is 1. The maximum absolute atomic E-state index is 14.1. The molecule has 0 radical (unpaired) electrons. The van der Waals surface area contributed by atoms with Gasteiger partial charge in [0.15, 0.2) is 0 Å². The largest absolute Gasteiger partial charge is 0.496 e. The molecule has 3 saturated heterocycles. The fraction of sp³-hybridized carbons (Fsp3) is 0.567. The van der Waals surface area contributed by atoms with Gasteiger partial charge in [0.2, 0.25) is 17.6 Å². The molecule has 8 rings (SSSR count). The van der Waals surface area contributed by atoms with Crippen LogP contribution in [0.5, 0.6) is 5.75 Å². The lowest BCUT2D eigenvalue weighted by molar-refractivity contribution is -0.143. The number of Topliss-reactive ketones (excluding diaryl/α,β-unsaturated/α-hetero) is 1. The first kappa shape index (κ1) is 26.0. The first-order valence-electron chi connectivity index (χ1n) is 14.6. The standard InChI is InChI=1S/C30H35N5O6/c1-41-23-4-2-3-20-19(23)12-22(33-20)27(39)35-15-29(17-5-6-17)13-30(35,14-29)28(40)34-21(11-16-9-10-31-25(16)37)24(36)26(38)32-18-7-8-18/h2-4,12,16-18,21,33H,5-11,13-15H2,1H3,(H,31,37)(H,32,38)(H,34,40)/t16-,21?,29?,30?/m0/s1. The Hall–Kier alpha value is -3.89. The molecule has 1 aromatic carbocycles. The molecule has 41 heavy (non-hydrogen) atoms. The smallest absolute Gasteiger partial charge is 0.289 e. The summed E-state index contributed by atoms with van der Waals surface area (Å²) in [4.78, 5) is 71.4. The summed E-state index contributed by atoms with van der Waals surface area (Å²) < 4.78 is 5.46. The fourth-order valence-electron chi connectivity index (χ4n) is 7.43. The molecule has 4 N–H and O–H groups in total. The molecule has 4 amide bonds. The van der Waals surface area contributed by atoms with Gasteiger partial charge in [-0.3, -0.25) is 24.0 Å². The van der Waals surface area contributed by atoms with Crippen LogP contribution in [0, 0.1) is 17.3 Å². The molecule has 11 nitrogen and oxygen atoms in total. The van der Waals surface area contributed by atoms with Gasteiger partial charge < -0.3 is 30.6 Å². The van der Waals surface area contributed by atoms with Gasteiger partial charge in [0.05, 0.1) is 13.2 Å². The van der Waals surface area contributed by atoms with Crippen molar-refractivity contribution in [3.05, 3.63) is 30.0 Å². The predicted molar refractivity (Wildman–Crippen MR) is 147 cm³/mol. The van der Waals surface area contributed by atoms with E-state index in [1.165, 1.54) is 0 Å². The molecule has 6 aliphatic rings. The molecule has 216 valence electrons. The van der Waals surface area contributed by atoms with Crippen molar-refractivity contribution in [2.75, 3.05) is 20.2 Å². The second-order valence-electron chi connectivity index (χ2n) is 12.7. The van der Waals surface area contributed by atoms with Gasteiger partial charge in [-0.15, -0.1) is 0 Å². The number of amides is 4. The first-order valence-corrected chi connectivity index (χ1v) is 14.6. The summed E-state index contributed by atoms with van der Waals surface area (Å²) in [6.45, 7) is 0.972. The number of ether oxygens (including phenoxy) is 1. The monoisotopic (exact) mass is 561 g/mol. The van der Waals surface area contributed by atoms with Gasteiger partial charge in [-0.2, -0.15) is 0 Å². The number of nitrogens with one attached hydrogen (secondary N) is 4. The van der Waals surface area contributed by atoms with E-state index in [0.29, 0.717) is 49.7 Å². The minimum absolute atomic E-state index is 0.0140. The van der Waals surface area contributed by atoms with Gasteiger partial charge in [0.25, 0.3) is 11.8 Å². The fourth-order valence-corrected chi connectivity index (χ4v) is 7.43. The number of carbonyl (C=O) groups is 5. The number of fused-ring (bicyclic) bond motifs is 2. The van der Waals surface area contributed by atoms with E-state index in [1.54, 1.807) is 18.1 Å². The Labute approximate surface area is 237 Å². The highest BCUT2D eigenvalue weighted by Crippen LogP contribution is 2.68. The Kier molecular flexibility index (Phi) is 5.92. The van der Waals surface area contributed by atoms with Crippen LogP contribution in [0.4, 0.5) is 0 Å². The summed E-state index contributed by atoms with van der Waals surface area (Å²) in [6, 6.07) is 6.14. The van der Waals surface area contributed by atoms with Crippen molar-refractivity contribution in [3.63, 3.8) is 0 Å². The molecular weight excluding hydrogens is 526 g/mol. The molecule has 6 fully saturated rings. The summed E-state index contributed by atoms with van der Waals surface area (Å²) in [7, 11) is 1.58. The van der Waals surface area contributed by atoms with Crippen LogP contribution < -0.4 is 20.7 Å². The molecule has 3 saturated carbocycles. The molecule has 4 heterocycles. The van der Waals surface area contributed by atoms with Gasteiger partial charge in [-0.25, -0.2) is 0 Å². The van der Waals surface area contributed by atoms with Crippen LogP contribution in [0.3, 0.4) is 0 Å². The van der Waals surface area contributed by atoms with Crippen molar-refractivity contribution >= 4 is 40.3 Å². The first-order chi connectivity index (χ1) is 19.7. The van der Waals surface area contributed by atoms with Crippen LogP contribution in [0.1, 0.15) is 61.9 Å². The summed E-state index contributed by atoms with van der Waals surface area (Å²) in [6.07, 6.45) is 5.47. The van der Waals surface area contributed by atoms with Crippen molar-refractivity contribution < 1.29 is 28.7 Å². The molecule has 0 spiro atoms. The van der Waals surface area contributed by atoms with Crippen molar-refractivity contribution in [1.82, 2.24) is 25.8 Å². The lowest BCUT2D eigenvalue weighted by Crippen LogP contribution is -2.64. The van der Waals surface area contributed by atoms with Gasteiger partial charge in [0.1, 0.15) is 17.0 Å². The number of methoxy groups -OCH3 is 1. The third-order valence-corrected chi connectivity index (χ3v) is 9.91. The van der Waals surface area contributed by atoms with Crippen molar-refractivity contribution in [2.45, 2.75) is 69.0 Å². The predicted octanol–water partition coefficient (Wildman–Crippen LogP) is 1.42. The molecule has 3 aliphatic carbocycles. The Morgan fingerprint density at radius 2 is 1.90 bits per heavy atom. The number of rotatable bonds is 10. The van der Waals surface area contributed by atoms with Crippen molar-refractivity contribution in [1.29, 1.82) is 0 Å². The van der Waals surface area contributed by atoms with Crippen LogP contribution >= 0.6 is 0 Å². The Balaban J connectivity index is 1.16. The molecule has 1 aromatic heterocycles. The van der Waals surface area contributed by atoms with E-state index >= 15 is 0 Å².